The monoisotopic (exact) mass is 468 g/mol. The van der Waals surface area contributed by atoms with Crippen molar-refractivity contribution in [1.29, 1.82) is 0 Å². The Morgan fingerprint density at radius 2 is 1.64 bits per heavy atom. The van der Waals surface area contributed by atoms with Crippen molar-refractivity contribution in [3.05, 3.63) is 29.8 Å². The van der Waals surface area contributed by atoms with Gasteiger partial charge >= 0.3 is 0 Å². The van der Waals surface area contributed by atoms with E-state index in [9.17, 15) is 9.59 Å². The molecule has 5 fully saturated rings. The minimum atomic E-state index is 0.0226. The number of benzene rings is 1. The summed E-state index contributed by atoms with van der Waals surface area (Å²) in [6, 6.07) is 8.39. The fraction of sp³-hybridized carbons (Fsp3) is 0.714. The molecule has 5 heteroatoms. The molecule has 0 aromatic heterocycles. The molecule has 1 aromatic rings. The third kappa shape index (κ3) is 4.85. The maximum absolute atomic E-state index is 13.4. The van der Waals surface area contributed by atoms with Crippen molar-refractivity contribution >= 4 is 23.6 Å². The van der Waals surface area contributed by atoms with Gasteiger partial charge < -0.3 is 10.2 Å². The van der Waals surface area contributed by atoms with Crippen LogP contribution in [0.3, 0.4) is 0 Å². The van der Waals surface area contributed by atoms with E-state index in [0.29, 0.717) is 22.8 Å². The van der Waals surface area contributed by atoms with Crippen LogP contribution in [0.15, 0.2) is 29.2 Å². The van der Waals surface area contributed by atoms with Crippen LogP contribution in [0.2, 0.25) is 0 Å². The van der Waals surface area contributed by atoms with Crippen molar-refractivity contribution in [2.24, 2.45) is 23.2 Å². The van der Waals surface area contributed by atoms with E-state index in [1.54, 1.807) is 0 Å². The topological polar surface area (TPSA) is 49.4 Å². The van der Waals surface area contributed by atoms with Crippen molar-refractivity contribution in [1.82, 2.24) is 10.2 Å². The predicted octanol–water partition coefficient (Wildman–Crippen LogP) is 5.90. The Morgan fingerprint density at radius 3 is 2.27 bits per heavy atom. The van der Waals surface area contributed by atoms with Crippen LogP contribution in [-0.2, 0) is 4.79 Å². The zero-order chi connectivity index (χ0) is 23.0. The van der Waals surface area contributed by atoms with Crippen LogP contribution in [0.5, 0.6) is 0 Å². The third-order valence-corrected chi connectivity index (χ3v) is 10.4. The van der Waals surface area contributed by atoms with Crippen LogP contribution < -0.4 is 5.32 Å². The summed E-state index contributed by atoms with van der Waals surface area (Å²) >= 11 is 1.51. The van der Waals surface area contributed by atoms with E-state index in [-0.39, 0.29) is 17.9 Å². The second-order valence-corrected chi connectivity index (χ2v) is 12.6. The van der Waals surface area contributed by atoms with Gasteiger partial charge in [0.05, 0.1) is 11.3 Å². The molecular formula is C28H40N2O2S. The summed E-state index contributed by atoms with van der Waals surface area (Å²) in [5, 5.41) is 3.41. The van der Waals surface area contributed by atoms with Crippen LogP contribution in [0.4, 0.5) is 0 Å². The van der Waals surface area contributed by atoms with Crippen molar-refractivity contribution in [2.45, 2.75) is 94.5 Å². The molecule has 5 saturated carbocycles. The summed E-state index contributed by atoms with van der Waals surface area (Å²) in [5.41, 5.74) is 1.01. The summed E-state index contributed by atoms with van der Waals surface area (Å²) in [7, 11) is 1.95. The Bertz CT molecular complexity index is 843. The molecule has 1 N–H and O–H groups in total. The molecule has 1 unspecified atom stereocenters. The van der Waals surface area contributed by atoms with Gasteiger partial charge in [-0.05, 0) is 93.6 Å². The van der Waals surface area contributed by atoms with Gasteiger partial charge in [0.15, 0.2) is 0 Å². The average Bonchev–Trinajstić information content (AvgIpc) is 2.82. The number of thioether (sulfide) groups is 1. The lowest BCUT2D eigenvalue weighted by Gasteiger charge is -2.59. The molecule has 1 aromatic carbocycles. The number of amides is 2. The van der Waals surface area contributed by atoms with Crippen LogP contribution in [0, 0.1) is 23.2 Å². The highest BCUT2D eigenvalue weighted by molar-refractivity contribution is 8.00. The van der Waals surface area contributed by atoms with Crippen molar-refractivity contribution in [3.63, 3.8) is 0 Å². The van der Waals surface area contributed by atoms with Crippen LogP contribution in [-0.4, -0.2) is 41.6 Å². The van der Waals surface area contributed by atoms with Gasteiger partial charge in [-0.3, -0.25) is 9.59 Å². The summed E-state index contributed by atoms with van der Waals surface area (Å²) < 4.78 is 0. The maximum Gasteiger partial charge on any atom is 0.252 e. The molecule has 33 heavy (non-hydrogen) atoms. The van der Waals surface area contributed by atoms with Gasteiger partial charge in [0.25, 0.3) is 5.91 Å². The first kappa shape index (κ1) is 23.3. The van der Waals surface area contributed by atoms with Crippen molar-refractivity contribution in [3.8, 4) is 0 Å². The summed E-state index contributed by atoms with van der Waals surface area (Å²) in [5.74, 6) is 3.22. The Kier molecular flexibility index (Phi) is 6.79. The summed E-state index contributed by atoms with van der Waals surface area (Å²) in [6.07, 6.45) is 14.1. The number of hydrogen-bond acceptors (Lipinski definition) is 3. The van der Waals surface area contributed by atoms with E-state index < -0.39 is 0 Å². The largest absolute Gasteiger partial charge is 0.349 e. The van der Waals surface area contributed by atoms with E-state index in [1.165, 1.54) is 69.5 Å². The Balaban J connectivity index is 1.21. The molecule has 4 bridgehead atoms. The highest BCUT2D eigenvalue weighted by atomic mass is 32.2. The predicted molar refractivity (Wildman–Crippen MR) is 134 cm³/mol. The average molecular weight is 469 g/mol. The lowest BCUT2D eigenvalue weighted by atomic mass is 9.48. The Morgan fingerprint density at radius 1 is 1.03 bits per heavy atom. The first-order valence-corrected chi connectivity index (χ1v) is 14.2. The molecule has 1 atom stereocenters. The number of nitrogens with one attached hydrogen (secondary N) is 1. The zero-order valence-electron chi connectivity index (χ0n) is 20.4. The first-order chi connectivity index (χ1) is 15.9. The maximum atomic E-state index is 13.4. The van der Waals surface area contributed by atoms with E-state index in [2.05, 4.69) is 12.2 Å². The zero-order valence-corrected chi connectivity index (χ0v) is 21.2. The molecule has 0 heterocycles. The van der Waals surface area contributed by atoms with Gasteiger partial charge in [0, 0.05) is 24.0 Å². The Labute approximate surface area is 203 Å². The second-order valence-electron chi connectivity index (χ2n) is 11.6. The number of carbonyl (C=O) groups excluding carboxylic acids is 2. The Hall–Kier alpha value is -1.49. The SMILES string of the molecule is CC(NC(=O)c1ccccc1SCC(=O)N(C)C1CCCCC1)C12CC3CC(CC(C3)C1)C2. The molecule has 5 aliphatic carbocycles. The van der Waals surface area contributed by atoms with Crippen LogP contribution in [0.25, 0.3) is 0 Å². The van der Waals surface area contributed by atoms with Gasteiger partial charge in [-0.15, -0.1) is 11.8 Å². The molecule has 0 spiro atoms. The fourth-order valence-corrected chi connectivity index (χ4v) is 8.80. The van der Waals surface area contributed by atoms with Crippen LogP contribution in [0.1, 0.15) is 87.9 Å². The molecule has 6 rings (SSSR count). The third-order valence-electron chi connectivity index (χ3n) is 9.35. The number of carbonyl (C=O) groups is 2. The second kappa shape index (κ2) is 9.64. The molecule has 0 radical (unpaired) electrons. The van der Waals surface area contributed by atoms with E-state index in [4.69, 9.17) is 0 Å². The van der Waals surface area contributed by atoms with Gasteiger partial charge in [0.2, 0.25) is 5.91 Å². The van der Waals surface area contributed by atoms with Crippen molar-refractivity contribution < 1.29 is 9.59 Å². The number of nitrogens with zero attached hydrogens (tertiary/aromatic N) is 1. The molecule has 0 saturated heterocycles. The quantitative estimate of drug-likeness (QED) is 0.507. The fourth-order valence-electron chi connectivity index (χ4n) is 7.83. The van der Waals surface area contributed by atoms with Gasteiger partial charge in [-0.25, -0.2) is 0 Å². The highest BCUT2D eigenvalue weighted by Crippen LogP contribution is 2.61. The molecule has 2 amide bonds. The smallest absolute Gasteiger partial charge is 0.252 e. The molecule has 180 valence electrons. The standard InChI is InChI=1S/C28H40N2O2S/c1-19(28-15-20-12-21(16-28)14-22(13-20)17-28)29-27(32)24-10-6-7-11-25(24)33-18-26(31)30(2)23-8-4-3-5-9-23/h6-7,10-11,19-23H,3-5,8-9,12-18H2,1-2H3,(H,29,32). The van der Waals surface area contributed by atoms with E-state index in [1.807, 2.05) is 36.2 Å². The minimum absolute atomic E-state index is 0.0226. The minimum Gasteiger partial charge on any atom is -0.349 e. The van der Waals surface area contributed by atoms with Gasteiger partial charge in [-0.1, -0.05) is 31.4 Å². The van der Waals surface area contributed by atoms with Crippen molar-refractivity contribution in [2.75, 3.05) is 12.8 Å². The molecule has 0 aliphatic heterocycles. The number of rotatable bonds is 7. The van der Waals surface area contributed by atoms with Gasteiger partial charge in [-0.2, -0.15) is 0 Å². The van der Waals surface area contributed by atoms with E-state index in [0.717, 1.165) is 35.5 Å². The molecule has 5 aliphatic rings. The normalized spacial score (nSPS) is 31.9. The first-order valence-electron chi connectivity index (χ1n) is 13.2. The lowest BCUT2D eigenvalue weighted by Crippen LogP contribution is -2.55. The van der Waals surface area contributed by atoms with Crippen LogP contribution >= 0.6 is 11.8 Å². The summed E-state index contributed by atoms with van der Waals surface area (Å²) in [6.45, 7) is 2.24. The number of hydrogen-bond donors (Lipinski definition) is 1. The van der Waals surface area contributed by atoms with E-state index >= 15 is 0 Å². The van der Waals surface area contributed by atoms with Gasteiger partial charge in [0.1, 0.15) is 0 Å². The highest BCUT2D eigenvalue weighted by Gasteiger charge is 2.53. The molecular weight excluding hydrogens is 428 g/mol. The summed E-state index contributed by atoms with van der Waals surface area (Å²) in [4.78, 5) is 29.1. The molecule has 4 nitrogen and oxygen atoms in total. The lowest BCUT2D eigenvalue weighted by molar-refractivity contribution is -0.129.